The van der Waals surface area contributed by atoms with Crippen molar-refractivity contribution in [2.24, 2.45) is 0 Å². The second-order valence-electron chi connectivity index (χ2n) is 4.28. The first kappa shape index (κ1) is 14.4. The van der Waals surface area contributed by atoms with Crippen molar-refractivity contribution in [1.82, 2.24) is 0 Å². The summed E-state index contributed by atoms with van der Waals surface area (Å²) < 4.78 is 9.09. The van der Waals surface area contributed by atoms with E-state index in [-0.39, 0.29) is 5.38 Å². The van der Waals surface area contributed by atoms with Crippen molar-refractivity contribution in [2.75, 3.05) is 6.61 Å². The molecule has 0 aliphatic heterocycles. The van der Waals surface area contributed by atoms with E-state index < -0.39 is 0 Å². The number of ether oxygens (including phenoxy) is 1. The first-order chi connectivity index (χ1) is 9.69. The molecule has 0 saturated carbocycles. The van der Waals surface area contributed by atoms with Gasteiger partial charge in [-0.1, -0.05) is 22.0 Å². The van der Waals surface area contributed by atoms with Gasteiger partial charge in [0, 0.05) is 18.7 Å². The number of halogens is 2. The van der Waals surface area contributed by atoms with Crippen LogP contribution in [0.25, 0.3) is 9.40 Å². The van der Waals surface area contributed by atoms with Crippen LogP contribution in [0.15, 0.2) is 40.2 Å². The van der Waals surface area contributed by atoms with Gasteiger partial charge in [-0.15, -0.1) is 34.3 Å². The van der Waals surface area contributed by atoms with Gasteiger partial charge in [0.2, 0.25) is 0 Å². The normalized spacial score (nSPS) is 12.8. The van der Waals surface area contributed by atoms with Gasteiger partial charge in [0.1, 0.15) is 5.75 Å². The van der Waals surface area contributed by atoms with Crippen LogP contribution in [0, 0.1) is 0 Å². The van der Waals surface area contributed by atoms with E-state index in [2.05, 4.69) is 33.4 Å². The second-order valence-corrected chi connectivity index (χ2v) is 7.63. The Bertz CT molecular complexity index is 706. The molecule has 0 bridgehead atoms. The minimum Gasteiger partial charge on any atom is -0.494 e. The number of hydrogen-bond acceptors (Lipinski definition) is 3. The summed E-state index contributed by atoms with van der Waals surface area (Å²) in [7, 11) is 0. The fraction of sp³-hybridized carbons (Fsp3) is 0.200. The SMILES string of the molecule is CCOc1ccc(C(Cl)c2cc3sccc3s2)c(Br)c1. The van der Waals surface area contributed by atoms with E-state index in [9.17, 15) is 0 Å². The standard InChI is InChI=1S/C15H12BrClOS2/c1-2-18-9-3-4-10(11(16)7-9)15(17)14-8-13-12(20-14)5-6-19-13/h3-8,15H,2H2,1H3. The molecule has 2 heterocycles. The van der Waals surface area contributed by atoms with Gasteiger partial charge in [-0.05, 0) is 42.1 Å². The highest BCUT2D eigenvalue weighted by atomic mass is 79.9. The largest absolute Gasteiger partial charge is 0.494 e. The fourth-order valence-electron chi connectivity index (χ4n) is 2.03. The third-order valence-electron chi connectivity index (χ3n) is 2.96. The number of hydrogen-bond donors (Lipinski definition) is 0. The van der Waals surface area contributed by atoms with Crippen molar-refractivity contribution in [1.29, 1.82) is 0 Å². The van der Waals surface area contributed by atoms with Crippen molar-refractivity contribution >= 4 is 59.6 Å². The van der Waals surface area contributed by atoms with Gasteiger partial charge in [-0.25, -0.2) is 0 Å². The van der Waals surface area contributed by atoms with Crippen LogP contribution in [-0.4, -0.2) is 6.61 Å². The molecule has 0 fully saturated rings. The van der Waals surface area contributed by atoms with Gasteiger partial charge in [0.15, 0.2) is 0 Å². The second kappa shape index (κ2) is 6.06. The zero-order chi connectivity index (χ0) is 14.1. The predicted molar refractivity (Wildman–Crippen MR) is 92.7 cm³/mol. The van der Waals surface area contributed by atoms with Crippen molar-refractivity contribution in [2.45, 2.75) is 12.3 Å². The minimum atomic E-state index is -0.135. The van der Waals surface area contributed by atoms with Crippen molar-refractivity contribution < 1.29 is 4.74 Å². The average molecular weight is 388 g/mol. The molecule has 1 unspecified atom stereocenters. The van der Waals surface area contributed by atoms with Crippen LogP contribution in [0.5, 0.6) is 5.75 Å². The molecule has 1 nitrogen and oxygen atoms in total. The number of rotatable bonds is 4. The highest BCUT2D eigenvalue weighted by molar-refractivity contribution is 9.10. The Kier molecular flexibility index (Phi) is 4.36. The summed E-state index contributed by atoms with van der Waals surface area (Å²) >= 11 is 13.7. The number of alkyl halides is 1. The molecule has 0 aliphatic carbocycles. The molecular weight excluding hydrogens is 376 g/mol. The van der Waals surface area contributed by atoms with E-state index in [1.165, 1.54) is 14.3 Å². The lowest BCUT2D eigenvalue weighted by Gasteiger charge is -2.12. The Labute approximate surface area is 139 Å². The van der Waals surface area contributed by atoms with Crippen molar-refractivity contribution in [3.63, 3.8) is 0 Å². The molecule has 0 amide bonds. The van der Waals surface area contributed by atoms with Gasteiger partial charge < -0.3 is 4.74 Å². The smallest absolute Gasteiger partial charge is 0.120 e. The van der Waals surface area contributed by atoms with Crippen LogP contribution in [-0.2, 0) is 0 Å². The summed E-state index contributed by atoms with van der Waals surface area (Å²) in [5.41, 5.74) is 1.07. The monoisotopic (exact) mass is 386 g/mol. The van der Waals surface area contributed by atoms with Crippen LogP contribution in [0.2, 0.25) is 0 Å². The zero-order valence-corrected chi connectivity index (χ0v) is 14.7. The van der Waals surface area contributed by atoms with Crippen LogP contribution in [0.3, 0.4) is 0 Å². The summed E-state index contributed by atoms with van der Waals surface area (Å²) in [4.78, 5) is 1.18. The van der Waals surface area contributed by atoms with Gasteiger partial charge in [0.25, 0.3) is 0 Å². The third-order valence-corrected chi connectivity index (χ3v) is 6.41. The lowest BCUT2D eigenvalue weighted by Crippen LogP contribution is -1.95. The average Bonchev–Trinajstić information content (AvgIpc) is 2.99. The van der Waals surface area contributed by atoms with Crippen molar-refractivity contribution in [3.8, 4) is 5.75 Å². The number of benzene rings is 1. The van der Waals surface area contributed by atoms with E-state index in [4.69, 9.17) is 16.3 Å². The first-order valence-corrected chi connectivity index (χ1v) is 9.15. The third kappa shape index (κ3) is 2.75. The summed E-state index contributed by atoms with van der Waals surface area (Å²) in [5, 5.41) is 1.98. The van der Waals surface area contributed by atoms with Gasteiger partial charge >= 0.3 is 0 Å². The Morgan fingerprint density at radius 3 is 2.80 bits per heavy atom. The maximum Gasteiger partial charge on any atom is 0.120 e. The molecule has 0 N–H and O–H groups in total. The molecule has 20 heavy (non-hydrogen) atoms. The van der Waals surface area contributed by atoms with Gasteiger partial charge in [-0.3, -0.25) is 0 Å². The summed E-state index contributed by atoms with van der Waals surface area (Å²) in [6.07, 6.45) is 0. The molecule has 0 aliphatic rings. The topological polar surface area (TPSA) is 9.23 Å². The molecule has 1 atom stereocenters. The first-order valence-electron chi connectivity index (χ1n) is 6.22. The van der Waals surface area contributed by atoms with E-state index in [0.29, 0.717) is 6.61 Å². The van der Waals surface area contributed by atoms with Crippen LogP contribution >= 0.6 is 50.2 Å². The molecule has 1 aromatic carbocycles. The van der Waals surface area contributed by atoms with Crippen LogP contribution < -0.4 is 4.74 Å². The van der Waals surface area contributed by atoms with Crippen LogP contribution in [0.1, 0.15) is 22.7 Å². The maximum atomic E-state index is 6.64. The molecule has 5 heteroatoms. The highest BCUT2D eigenvalue weighted by Crippen LogP contribution is 2.41. The number of fused-ring (bicyclic) bond motifs is 1. The fourth-order valence-corrected chi connectivity index (χ4v) is 5.25. The molecule has 0 radical (unpaired) electrons. The summed E-state index contributed by atoms with van der Waals surface area (Å²) in [6, 6.07) is 10.3. The lowest BCUT2D eigenvalue weighted by molar-refractivity contribution is 0.340. The Hall–Kier alpha value is -0.550. The maximum absolute atomic E-state index is 6.64. The molecule has 3 rings (SSSR count). The molecular formula is C15H12BrClOS2. The minimum absolute atomic E-state index is 0.135. The van der Waals surface area contributed by atoms with E-state index in [0.717, 1.165) is 15.8 Å². The predicted octanol–water partition coefficient (Wildman–Crippen LogP) is 6.45. The Morgan fingerprint density at radius 1 is 1.25 bits per heavy atom. The molecule has 0 saturated heterocycles. The highest BCUT2D eigenvalue weighted by Gasteiger charge is 2.17. The molecule has 3 aromatic rings. The van der Waals surface area contributed by atoms with E-state index in [1.54, 1.807) is 22.7 Å². The Morgan fingerprint density at radius 2 is 2.10 bits per heavy atom. The summed E-state index contributed by atoms with van der Waals surface area (Å²) in [6.45, 7) is 2.64. The molecule has 104 valence electrons. The van der Waals surface area contributed by atoms with E-state index in [1.807, 2.05) is 25.1 Å². The van der Waals surface area contributed by atoms with E-state index >= 15 is 0 Å². The number of thiophene rings is 2. The zero-order valence-electron chi connectivity index (χ0n) is 10.7. The van der Waals surface area contributed by atoms with Gasteiger partial charge in [0.05, 0.1) is 12.0 Å². The summed E-state index contributed by atoms with van der Waals surface area (Å²) in [5.74, 6) is 0.860. The van der Waals surface area contributed by atoms with Gasteiger partial charge in [-0.2, -0.15) is 0 Å². The Balaban J connectivity index is 1.93. The molecule has 2 aromatic heterocycles. The van der Waals surface area contributed by atoms with Crippen LogP contribution in [0.4, 0.5) is 0 Å². The quantitative estimate of drug-likeness (QED) is 0.467. The lowest BCUT2D eigenvalue weighted by atomic mass is 10.1. The molecule has 0 spiro atoms. The van der Waals surface area contributed by atoms with Crippen molar-refractivity contribution in [3.05, 3.63) is 50.6 Å².